The van der Waals surface area contributed by atoms with E-state index >= 15 is 0 Å². The Labute approximate surface area is 415 Å². The molecule has 0 spiro atoms. The number of carboxylic acids is 1. The Morgan fingerprint density at radius 1 is 0.623 bits per heavy atom. The summed E-state index contributed by atoms with van der Waals surface area (Å²) >= 11 is 17.5. The molecule has 4 aromatic heterocycles. The van der Waals surface area contributed by atoms with Crippen LogP contribution in [0.3, 0.4) is 0 Å². The van der Waals surface area contributed by atoms with Gasteiger partial charge in [-0.3, -0.25) is 9.59 Å². The van der Waals surface area contributed by atoms with Crippen LogP contribution in [0.1, 0.15) is 98.8 Å². The topological polar surface area (TPSA) is 140 Å². The van der Waals surface area contributed by atoms with Crippen molar-refractivity contribution >= 4 is 52.6 Å². The highest BCUT2D eigenvalue weighted by molar-refractivity contribution is 6.31. The van der Waals surface area contributed by atoms with Crippen LogP contribution in [0.5, 0.6) is 0 Å². The van der Waals surface area contributed by atoms with E-state index in [0.717, 1.165) is 22.5 Å². The number of aromatic amines is 2. The lowest BCUT2D eigenvalue weighted by Gasteiger charge is -2.23. The molecule has 7 aromatic rings. The predicted molar refractivity (Wildman–Crippen MR) is 268 cm³/mol. The highest BCUT2D eigenvalue weighted by atomic mass is 35.5. The Balaban J connectivity index is 0.000000199. The molecule has 0 saturated carbocycles. The number of aryl methyl sites for hydroxylation is 2. The summed E-state index contributed by atoms with van der Waals surface area (Å²) in [6.07, 6.45) is 3.32. The fourth-order valence-electron chi connectivity index (χ4n) is 7.49. The van der Waals surface area contributed by atoms with Crippen LogP contribution in [0.15, 0.2) is 73.1 Å². The Kier molecular flexibility index (Phi) is 17.4. The third-order valence-electron chi connectivity index (χ3n) is 12.2. The van der Waals surface area contributed by atoms with Gasteiger partial charge in [-0.25, -0.2) is 27.9 Å². The fourth-order valence-corrected chi connectivity index (χ4v) is 7.96. The summed E-state index contributed by atoms with van der Waals surface area (Å²) in [6.45, 7) is 19.1. The molecule has 0 bridgehead atoms. The highest BCUT2D eigenvalue weighted by Crippen LogP contribution is 2.37. The molecule has 69 heavy (non-hydrogen) atoms. The number of nitrogens with zero attached hydrogens (tertiary/aromatic N) is 5. The van der Waals surface area contributed by atoms with E-state index in [1.165, 1.54) is 30.3 Å². The summed E-state index contributed by atoms with van der Waals surface area (Å²) < 4.78 is 44.9. The van der Waals surface area contributed by atoms with E-state index in [1.54, 1.807) is 80.5 Å². The summed E-state index contributed by atoms with van der Waals surface area (Å²) in [5.41, 5.74) is 8.17. The molecule has 0 unspecified atom stereocenters. The Morgan fingerprint density at radius 2 is 1.01 bits per heavy atom. The van der Waals surface area contributed by atoms with Gasteiger partial charge in [0.15, 0.2) is 0 Å². The molecule has 364 valence electrons. The molecule has 0 aliphatic rings. The molecule has 0 radical (unpaired) electrons. The molecule has 3 N–H and O–H groups in total. The van der Waals surface area contributed by atoms with E-state index < -0.39 is 23.4 Å². The molecular weight excluding hydrogens is 950 g/mol. The number of hydrogen-bond donors (Lipinski definition) is 3. The average molecular weight is 1010 g/mol. The molecule has 3 aromatic carbocycles. The molecule has 0 aliphatic heterocycles. The quantitative estimate of drug-likeness (QED) is 0.125. The zero-order valence-electron chi connectivity index (χ0n) is 40.5. The largest absolute Gasteiger partial charge is 0.477 e. The summed E-state index contributed by atoms with van der Waals surface area (Å²) in [7, 11) is 3.48. The predicted octanol–water partition coefficient (Wildman–Crippen LogP) is 13.2. The van der Waals surface area contributed by atoms with Gasteiger partial charge in [-0.05, 0) is 147 Å². The molecule has 0 aliphatic carbocycles. The molecule has 7 rings (SSSR count). The van der Waals surface area contributed by atoms with Gasteiger partial charge >= 0.3 is 5.97 Å². The lowest BCUT2D eigenvalue weighted by atomic mass is 9.99. The summed E-state index contributed by atoms with van der Waals surface area (Å²) in [5, 5.41) is 10.0. The second kappa shape index (κ2) is 22.4. The number of aromatic nitrogens is 5. The molecule has 0 saturated heterocycles. The first-order valence-electron chi connectivity index (χ1n) is 21.8. The average Bonchev–Trinajstić information content (AvgIpc) is 3.85. The molecule has 4 heterocycles. The van der Waals surface area contributed by atoms with Crippen molar-refractivity contribution in [1.82, 2.24) is 34.3 Å². The zero-order chi connectivity index (χ0) is 51.3. The van der Waals surface area contributed by atoms with Crippen LogP contribution < -0.4 is 0 Å². The lowest BCUT2D eigenvalue weighted by molar-refractivity contribution is 0.0689. The maximum absolute atomic E-state index is 14.8. The third-order valence-corrected chi connectivity index (χ3v) is 12.9. The molecule has 11 nitrogen and oxygen atoms in total. The minimum atomic E-state index is -1.12. The number of hydrogen-bond acceptors (Lipinski definition) is 5. The van der Waals surface area contributed by atoms with Crippen LogP contribution in [0.25, 0.3) is 33.4 Å². The number of rotatable bonds is 10. The smallest absolute Gasteiger partial charge is 0.352 e. The van der Waals surface area contributed by atoms with Crippen LogP contribution in [0.4, 0.5) is 13.2 Å². The maximum atomic E-state index is 14.8. The number of H-pyrrole nitrogens is 2. The van der Waals surface area contributed by atoms with Gasteiger partial charge in [0.1, 0.15) is 40.4 Å². The van der Waals surface area contributed by atoms with Gasteiger partial charge < -0.3 is 29.4 Å². The first-order valence-corrected chi connectivity index (χ1v) is 23.0. The van der Waals surface area contributed by atoms with Gasteiger partial charge in [0, 0.05) is 104 Å². The normalized spacial score (nSPS) is 11.0. The second-order valence-corrected chi connectivity index (χ2v) is 18.4. The molecular formula is C52H55Cl3F3N7O4. The minimum Gasteiger partial charge on any atom is -0.477 e. The van der Waals surface area contributed by atoms with Crippen LogP contribution in [-0.2, 0) is 6.54 Å². The molecule has 17 heteroatoms. The van der Waals surface area contributed by atoms with Crippen molar-refractivity contribution in [2.45, 2.75) is 87.9 Å². The SMILES string of the molecule is Cc1[nH]c(C(=O)N(C)C(C)C)c(-c2ccc(Cl)cc2F)c1C.Cc1[nH]c(C(=O)O)c(-c2ccc(Cl)cc2F)c1C.Cc1c(-c2ccc(Cl)cc2F)c(C(=O)N(C)C(C)C)n(Cc2ncccn2)c1C. The fraction of sp³-hybridized carbons (Fsp3) is 0.288. The number of carbonyl (C=O) groups excluding carboxylic acids is 2. The summed E-state index contributed by atoms with van der Waals surface area (Å²) in [5.74, 6) is -2.31. The lowest BCUT2D eigenvalue weighted by Crippen LogP contribution is -2.35. The number of nitrogens with one attached hydrogen (secondary N) is 2. The van der Waals surface area contributed by atoms with Crippen molar-refractivity contribution in [3.8, 4) is 33.4 Å². The van der Waals surface area contributed by atoms with Crippen LogP contribution in [-0.4, -0.2) is 83.4 Å². The Hall–Kier alpha value is -6.35. The highest BCUT2D eigenvalue weighted by Gasteiger charge is 2.30. The summed E-state index contributed by atoms with van der Waals surface area (Å²) in [4.78, 5) is 55.0. The van der Waals surface area contributed by atoms with Gasteiger partial charge in [0.25, 0.3) is 11.8 Å². The number of halogens is 6. The van der Waals surface area contributed by atoms with Crippen LogP contribution in [0, 0.1) is 59.0 Å². The van der Waals surface area contributed by atoms with Gasteiger partial charge in [-0.2, -0.15) is 0 Å². The first-order chi connectivity index (χ1) is 32.4. The van der Waals surface area contributed by atoms with Crippen molar-refractivity contribution in [1.29, 1.82) is 0 Å². The Morgan fingerprint density at radius 3 is 1.42 bits per heavy atom. The first kappa shape index (κ1) is 53.6. The van der Waals surface area contributed by atoms with Gasteiger partial charge in [0.05, 0.1) is 6.54 Å². The summed E-state index contributed by atoms with van der Waals surface area (Å²) in [6, 6.07) is 15.0. The number of carboxylic acid groups (broad SMARTS) is 1. The molecule has 0 atom stereocenters. The van der Waals surface area contributed by atoms with Gasteiger partial charge in [-0.15, -0.1) is 0 Å². The van der Waals surface area contributed by atoms with Crippen LogP contribution in [0.2, 0.25) is 15.1 Å². The minimum absolute atomic E-state index is 0.00813. The molecule has 2 amide bonds. The van der Waals surface area contributed by atoms with Crippen molar-refractivity contribution in [2.75, 3.05) is 14.1 Å². The second-order valence-electron chi connectivity index (χ2n) is 17.1. The van der Waals surface area contributed by atoms with E-state index in [-0.39, 0.29) is 40.2 Å². The standard InChI is InChI=1S/C22H24ClFN4O.C17H20ClFN2O.C13H11ClFNO2/c1-13(2)27(5)22(29)21-20(17-8-7-16(23)11-18(17)24)14(3)15(4)28(21)12-19-25-9-6-10-26-19;1-9(2)21(5)17(22)16-15(10(3)11(4)20-16)13-7-6-12(18)8-14(13)19;1-6-7(2)16-12(13(17)18)11(6)9-4-3-8(14)5-10(9)15/h6-11,13H,12H2,1-5H3;6-9,20H,1-5H3;3-5,16H,1-2H3,(H,17,18). The third kappa shape index (κ3) is 11.7. The van der Waals surface area contributed by atoms with E-state index in [4.69, 9.17) is 39.9 Å². The van der Waals surface area contributed by atoms with E-state index in [0.29, 0.717) is 72.9 Å². The maximum Gasteiger partial charge on any atom is 0.352 e. The monoisotopic (exact) mass is 1000 g/mol. The van der Waals surface area contributed by atoms with Crippen molar-refractivity contribution in [3.05, 3.63) is 162 Å². The van der Waals surface area contributed by atoms with Crippen molar-refractivity contribution in [3.63, 3.8) is 0 Å². The van der Waals surface area contributed by atoms with Gasteiger partial charge in [0.2, 0.25) is 0 Å². The van der Waals surface area contributed by atoms with E-state index in [9.17, 15) is 27.6 Å². The zero-order valence-corrected chi connectivity index (χ0v) is 42.7. The number of carbonyl (C=O) groups is 3. The van der Waals surface area contributed by atoms with Crippen LogP contribution >= 0.6 is 34.8 Å². The number of amides is 2. The van der Waals surface area contributed by atoms with E-state index in [1.807, 2.05) is 60.0 Å². The van der Waals surface area contributed by atoms with Crippen molar-refractivity contribution in [2.24, 2.45) is 0 Å². The number of aromatic carboxylic acids is 1. The van der Waals surface area contributed by atoms with Crippen molar-refractivity contribution < 1.29 is 32.7 Å². The molecule has 0 fully saturated rings. The number of benzene rings is 3. The van der Waals surface area contributed by atoms with Gasteiger partial charge in [-0.1, -0.05) is 34.8 Å². The van der Waals surface area contributed by atoms with E-state index in [2.05, 4.69) is 19.9 Å². The Bertz CT molecular complexity index is 3040.